The summed E-state index contributed by atoms with van der Waals surface area (Å²) < 4.78 is 69.5. The van der Waals surface area contributed by atoms with Crippen molar-refractivity contribution in [2.75, 3.05) is 24.5 Å². The lowest BCUT2D eigenvalue weighted by Crippen LogP contribution is -2.61. The Balaban J connectivity index is 1.46. The third-order valence-corrected chi connectivity index (χ3v) is 5.70. The third kappa shape index (κ3) is 3.77. The number of ether oxygens (including phenoxy) is 1. The fraction of sp³-hybridized carbons (Fsp3) is 0.579. The van der Waals surface area contributed by atoms with Crippen LogP contribution in [0, 0.1) is 5.82 Å². The summed E-state index contributed by atoms with van der Waals surface area (Å²) in [7, 11) is 0. The van der Waals surface area contributed by atoms with Crippen LogP contribution in [0.5, 0.6) is 5.75 Å². The first-order valence-corrected chi connectivity index (χ1v) is 9.16. The number of hydrogen-bond acceptors (Lipinski definition) is 3. The van der Waals surface area contributed by atoms with Crippen molar-refractivity contribution < 1.29 is 26.7 Å². The SMILES string of the molecule is Fc1cc2c(cc1OC(F)F)N(C1CCC(N3CC(F)(F)C3)CC1)CC=C2. The second kappa shape index (κ2) is 6.96. The molecule has 1 aromatic rings. The number of alkyl halides is 4. The van der Waals surface area contributed by atoms with Gasteiger partial charge in [0, 0.05) is 35.9 Å². The lowest BCUT2D eigenvalue weighted by atomic mass is 9.86. The molecule has 2 aliphatic heterocycles. The topological polar surface area (TPSA) is 15.7 Å². The highest BCUT2D eigenvalue weighted by Gasteiger charge is 2.47. The highest BCUT2D eigenvalue weighted by atomic mass is 19.3. The summed E-state index contributed by atoms with van der Waals surface area (Å²) in [5.41, 5.74) is 1.30. The summed E-state index contributed by atoms with van der Waals surface area (Å²) in [4.78, 5) is 3.91. The molecule has 2 heterocycles. The van der Waals surface area contributed by atoms with Crippen molar-refractivity contribution in [3.8, 4) is 5.75 Å². The molecule has 27 heavy (non-hydrogen) atoms. The van der Waals surface area contributed by atoms with Crippen LogP contribution in [-0.4, -0.2) is 49.2 Å². The van der Waals surface area contributed by atoms with Gasteiger partial charge in [0.25, 0.3) is 5.92 Å². The summed E-state index contributed by atoms with van der Waals surface area (Å²) in [5, 5.41) is 0. The van der Waals surface area contributed by atoms with Crippen LogP contribution in [0.3, 0.4) is 0 Å². The molecule has 0 radical (unpaired) electrons. The fourth-order valence-electron chi connectivity index (χ4n) is 4.41. The predicted octanol–water partition coefficient (Wildman–Crippen LogP) is 4.52. The van der Waals surface area contributed by atoms with Crippen LogP contribution in [0.4, 0.5) is 27.6 Å². The molecule has 0 atom stereocenters. The Morgan fingerprint density at radius 1 is 1.04 bits per heavy atom. The molecule has 2 fully saturated rings. The van der Waals surface area contributed by atoms with Gasteiger partial charge in [-0.05, 0) is 31.7 Å². The zero-order valence-corrected chi connectivity index (χ0v) is 14.7. The van der Waals surface area contributed by atoms with Gasteiger partial charge in [-0.2, -0.15) is 8.78 Å². The summed E-state index contributed by atoms with van der Waals surface area (Å²) in [6.45, 7) is -2.81. The molecule has 1 saturated heterocycles. The Kier molecular flexibility index (Phi) is 4.78. The van der Waals surface area contributed by atoms with E-state index in [0.29, 0.717) is 17.8 Å². The van der Waals surface area contributed by atoms with Crippen LogP contribution in [-0.2, 0) is 0 Å². The predicted molar refractivity (Wildman–Crippen MR) is 92.0 cm³/mol. The highest BCUT2D eigenvalue weighted by Crippen LogP contribution is 2.39. The van der Waals surface area contributed by atoms with Crippen molar-refractivity contribution in [2.24, 2.45) is 0 Å². The van der Waals surface area contributed by atoms with Crippen LogP contribution >= 0.6 is 0 Å². The number of fused-ring (bicyclic) bond motifs is 1. The molecule has 0 spiro atoms. The Bertz CT molecular complexity index is 723. The molecule has 0 aromatic heterocycles. The molecular formula is C19H21F5N2O. The Morgan fingerprint density at radius 2 is 1.70 bits per heavy atom. The van der Waals surface area contributed by atoms with Crippen LogP contribution in [0.2, 0.25) is 0 Å². The highest BCUT2D eigenvalue weighted by molar-refractivity contribution is 5.73. The molecular weight excluding hydrogens is 367 g/mol. The Labute approximate surface area is 154 Å². The minimum atomic E-state index is -3.09. The van der Waals surface area contributed by atoms with Gasteiger partial charge in [0.2, 0.25) is 0 Å². The Hall–Kier alpha value is -1.83. The molecule has 3 nitrogen and oxygen atoms in total. The second-order valence-electron chi connectivity index (χ2n) is 7.50. The van der Waals surface area contributed by atoms with Crippen LogP contribution in [0.25, 0.3) is 6.08 Å². The maximum Gasteiger partial charge on any atom is 0.387 e. The molecule has 0 amide bonds. The van der Waals surface area contributed by atoms with E-state index in [0.717, 1.165) is 25.7 Å². The number of likely N-dealkylation sites (tertiary alicyclic amines) is 1. The number of anilines is 1. The molecule has 1 aromatic carbocycles. The van der Waals surface area contributed by atoms with Crippen LogP contribution in [0.15, 0.2) is 18.2 Å². The lowest BCUT2D eigenvalue weighted by Gasteiger charge is -2.47. The fourth-order valence-corrected chi connectivity index (χ4v) is 4.41. The van der Waals surface area contributed by atoms with E-state index < -0.39 is 24.1 Å². The summed E-state index contributed by atoms with van der Waals surface area (Å²) in [6.07, 6.45) is 6.97. The van der Waals surface area contributed by atoms with Crippen LogP contribution in [0.1, 0.15) is 31.2 Å². The quantitative estimate of drug-likeness (QED) is 0.706. The minimum absolute atomic E-state index is 0.161. The minimum Gasteiger partial charge on any atom is -0.432 e. The van der Waals surface area contributed by atoms with Crippen LogP contribution < -0.4 is 9.64 Å². The first-order valence-electron chi connectivity index (χ1n) is 9.16. The molecule has 1 aliphatic carbocycles. The van der Waals surface area contributed by atoms with Gasteiger partial charge in [-0.25, -0.2) is 13.2 Å². The van der Waals surface area contributed by atoms with Gasteiger partial charge in [0.05, 0.1) is 13.1 Å². The van der Waals surface area contributed by atoms with Gasteiger partial charge >= 0.3 is 6.61 Å². The van der Waals surface area contributed by atoms with Crippen molar-refractivity contribution in [1.29, 1.82) is 0 Å². The van der Waals surface area contributed by atoms with E-state index >= 15 is 0 Å². The lowest BCUT2D eigenvalue weighted by molar-refractivity contribution is -0.149. The summed E-state index contributed by atoms with van der Waals surface area (Å²) >= 11 is 0. The maximum absolute atomic E-state index is 14.0. The number of benzene rings is 1. The summed E-state index contributed by atoms with van der Waals surface area (Å²) in [6, 6.07) is 2.88. The standard InChI is InChI=1S/C19H21F5N2O/c20-15-8-12-2-1-7-26(16(12)9-17(15)27-18(21)22)14-5-3-13(4-6-14)25-10-19(23,24)11-25/h1-2,8-9,13-14,18H,3-7,10-11H2. The maximum atomic E-state index is 14.0. The number of rotatable bonds is 4. The number of halogens is 5. The molecule has 8 heteroatoms. The van der Waals surface area contributed by atoms with Crippen molar-refractivity contribution in [2.45, 2.75) is 50.3 Å². The second-order valence-corrected chi connectivity index (χ2v) is 7.50. The molecule has 0 N–H and O–H groups in total. The van der Waals surface area contributed by atoms with E-state index in [1.807, 2.05) is 11.0 Å². The monoisotopic (exact) mass is 388 g/mol. The molecule has 148 valence electrons. The first kappa shape index (κ1) is 18.5. The van der Waals surface area contributed by atoms with Gasteiger partial charge in [-0.1, -0.05) is 12.2 Å². The van der Waals surface area contributed by atoms with E-state index in [2.05, 4.69) is 9.64 Å². The van der Waals surface area contributed by atoms with Gasteiger partial charge in [-0.3, -0.25) is 4.90 Å². The smallest absolute Gasteiger partial charge is 0.387 e. The third-order valence-electron chi connectivity index (χ3n) is 5.70. The number of hydrogen-bond donors (Lipinski definition) is 0. The van der Waals surface area contributed by atoms with Gasteiger partial charge in [0.15, 0.2) is 11.6 Å². The van der Waals surface area contributed by atoms with Gasteiger partial charge < -0.3 is 9.64 Å². The van der Waals surface area contributed by atoms with E-state index in [9.17, 15) is 22.0 Å². The first-order chi connectivity index (χ1) is 12.8. The zero-order chi connectivity index (χ0) is 19.2. The average Bonchev–Trinajstić information content (AvgIpc) is 2.59. The van der Waals surface area contributed by atoms with E-state index in [4.69, 9.17) is 0 Å². The van der Waals surface area contributed by atoms with Crippen molar-refractivity contribution >= 4 is 11.8 Å². The number of nitrogens with zero attached hydrogens (tertiary/aromatic N) is 2. The van der Waals surface area contributed by atoms with Crippen molar-refractivity contribution in [1.82, 2.24) is 4.90 Å². The van der Waals surface area contributed by atoms with E-state index in [-0.39, 0.29) is 25.2 Å². The summed E-state index contributed by atoms with van der Waals surface area (Å²) in [5.74, 6) is -3.83. The zero-order valence-electron chi connectivity index (χ0n) is 14.7. The van der Waals surface area contributed by atoms with Crippen molar-refractivity contribution in [3.63, 3.8) is 0 Å². The Morgan fingerprint density at radius 3 is 2.33 bits per heavy atom. The molecule has 1 saturated carbocycles. The molecule has 0 unspecified atom stereocenters. The largest absolute Gasteiger partial charge is 0.432 e. The molecule has 3 aliphatic rings. The molecule has 0 bridgehead atoms. The van der Waals surface area contributed by atoms with Gasteiger partial charge in [-0.15, -0.1) is 0 Å². The van der Waals surface area contributed by atoms with Gasteiger partial charge in [0.1, 0.15) is 0 Å². The normalized spacial score (nSPS) is 27.4. The van der Waals surface area contributed by atoms with E-state index in [1.54, 1.807) is 6.08 Å². The van der Waals surface area contributed by atoms with E-state index in [1.165, 1.54) is 12.1 Å². The van der Waals surface area contributed by atoms with Crippen molar-refractivity contribution in [3.05, 3.63) is 29.6 Å². The average molecular weight is 388 g/mol. The molecule has 4 rings (SSSR count).